The first-order valence-electron chi connectivity index (χ1n) is 11.0. The van der Waals surface area contributed by atoms with Gasteiger partial charge in [-0.2, -0.15) is 0 Å². The summed E-state index contributed by atoms with van der Waals surface area (Å²) < 4.78 is 7.08. The van der Waals surface area contributed by atoms with Crippen LogP contribution >= 0.6 is 23.1 Å². The van der Waals surface area contributed by atoms with Crippen molar-refractivity contribution < 1.29 is 14.3 Å². The van der Waals surface area contributed by atoms with E-state index >= 15 is 0 Å². The van der Waals surface area contributed by atoms with Crippen LogP contribution < -0.4 is 20.9 Å². The number of nitrogens with one attached hydrogen (secondary N) is 2. The molecule has 0 saturated heterocycles. The Bertz CT molecular complexity index is 1230. The van der Waals surface area contributed by atoms with E-state index in [9.17, 15) is 14.4 Å². The molecule has 8 nitrogen and oxygen atoms in total. The molecule has 2 aromatic heterocycles. The van der Waals surface area contributed by atoms with Gasteiger partial charge in [0, 0.05) is 11.4 Å². The number of hydrogen-bond donors (Lipinski definition) is 2. The molecule has 4 rings (SSSR count). The zero-order chi connectivity index (χ0) is 23.4. The highest BCUT2D eigenvalue weighted by Crippen LogP contribution is 2.36. The zero-order valence-electron chi connectivity index (χ0n) is 18.6. The number of hydrogen-bond acceptors (Lipinski definition) is 7. The molecule has 0 saturated carbocycles. The Morgan fingerprint density at radius 2 is 2.00 bits per heavy atom. The van der Waals surface area contributed by atoms with Gasteiger partial charge in [-0.1, -0.05) is 18.7 Å². The lowest BCUT2D eigenvalue weighted by molar-refractivity contribution is -0.117. The fourth-order valence-electron chi connectivity index (χ4n) is 3.78. The fraction of sp³-hybridized carbons (Fsp3) is 0.391. The molecule has 0 unspecified atom stereocenters. The monoisotopic (exact) mass is 486 g/mol. The standard InChI is InChI=1S/C23H26N4O4S2/c1-3-12-24-22(30)25-18(28)13-32-23-26-20-19(16-6-5-7-17(16)33-20)21(29)27(23)14-8-10-15(11-9-14)31-4-2/h8-11H,3-7,12-13H2,1-2H3,(H2,24,25,28,30). The third-order valence-electron chi connectivity index (χ3n) is 5.23. The van der Waals surface area contributed by atoms with E-state index in [4.69, 9.17) is 9.72 Å². The summed E-state index contributed by atoms with van der Waals surface area (Å²) in [5.41, 5.74) is 1.63. The van der Waals surface area contributed by atoms with Crippen LogP contribution in [0.2, 0.25) is 0 Å². The lowest BCUT2D eigenvalue weighted by atomic mass is 10.2. The van der Waals surface area contributed by atoms with Crippen LogP contribution in [0, 0.1) is 0 Å². The molecular formula is C23H26N4O4S2. The fourth-order valence-corrected chi connectivity index (χ4v) is 5.90. The molecule has 0 bridgehead atoms. The summed E-state index contributed by atoms with van der Waals surface area (Å²) in [5.74, 6) is 0.223. The SMILES string of the molecule is CCCNC(=O)NC(=O)CSc1nc2sc3c(c2c(=O)n1-c1ccc(OCC)cc1)CCC3. The van der Waals surface area contributed by atoms with Gasteiger partial charge >= 0.3 is 6.03 Å². The van der Waals surface area contributed by atoms with Crippen molar-refractivity contribution in [2.45, 2.75) is 44.7 Å². The minimum atomic E-state index is -0.524. The minimum Gasteiger partial charge on any atom is -0.494 e. The van der Waals surface area contributed by atoms with Crippen molar-refractivity contribution >= 4 is 45.3 Å². The number of imide groups is 1. The third-order valence-corrected chi connectivity index (χ3v) is 7.36. The van der Waals surface area contributed by atoms with Crippen LogP contribution in [0.3, 0.4) is 0 Å². The topological polar surface area (TPSA) is 102 Å². The maximum Gasteiger partial charge on any atom is 0.321 e. The van der Waals surface area contributed by atoms with Crippen molar-refractivity contribution in [3.05, 3.63) is 45.1 Å². The van der Waals surface area contributed by atoms with E-state index in [1.54, 1.807) is 15.9 Å². The van der Waals surface area contributed by atoms with E-state index in [1.165, 1.54) is 4.88 Å². The molecule has 33 heavy (non-hydrogen) atoms. The smallest absolute Gasteiger partial charge is 0.321 e. The molecule has 0 radical (unpaired) electrons. The first-order chi connectivity index (χ1) is 16.0. The van der Waals surface area contributed by atoms with Gasteiger partial charge < -0.3 is 10.1 Å². The third kappa shape index (κ3) is 5.06. The number of aryl methyl sites for hydroxylation is 2. The number of aromatic nitrogens is 2. The Hall–Kier alpha value is -2.85. The average Bonchev–Trinajstić information content (AvgIpc) is 3.38. The molecule has 0 fully saturated rings. The van der Waals surface area contributed by atoms with Crippen LogP contribution in [0.4, 0.5) is 4.79 Å². The molecule has 0 atom stereocenters. The van der Waals surface area contributed by atoms with E-state index in [-0.39, 0.29) is 11.3 Å². The number of nitrogens with zero attached hydrogens (tertiary/aromatic N) is 2. The molecule has 3 aromatic rings. The predicted octanol–water partition coefficient (Wildman–Crippen LogP) is 3.66. The lowest BCUT2D eigenvalue weighted by Gasteiger charge is -2.13. The van der Waals surface area contributed by atoms with Gasteiger partial charge in [-0.05, 0) is 62.4 Å². The molecule has 0 aliphatic heterocycles. The quantitative estimate of drug-likeness (QED) is 0.372. The Labute approximate surface area is 199 Å². The highest BCUT2D eigenvalue weighted by molar-refractivity contribution is 7.99. The number of thiophene rings is 1. The Balaban J connectivity index is 1.67. The van der Waals surface area contributed by atoms with E-state index in [0.29, 0.717) is 40.0 Å². The number of thioether (sulfide) groups is 1. The predicted molar refractivity (Wildman–Crippen MR) is 131 cm³/mol. The highest BCUT2D eigenvalue weighted by Gasteiger charge is 2.24. The van der Waals surface area contributed by atoms with Crippen molar-refractivity contribution in [3.63, 3.8) is 0 Å². The maximum absolute atomic E-state index is 13.6. The first kappa shape index (κ1) is 23.3. The molecule has 174 valence electrons. The number of rotatable bonds is 8. The van der Waals surface area contributed by atoms with Crippen LogP contribution in [0.25, 0.3) is 15.9 Å². The highest BCUT2D eigenvalue weighted by atomic mass is 32.2. The molecule has 1 aliphatic carbocycles. The van der Waals surface area contributed by atoms with Gasteiger partial charge in [-0.25, -0.2) is 9.78 Å². The minimum absolute atomic E-state index is 0.0421. The average molecular weight is 487 g/mol. The van der Waals surface area contributed by atoms with Crippen molar-refractivity contribution in [2.24, 2.45) is 0 Å². The number of fused-ring (bicyclic) bond motifs is 3. The molecule has 1 aliphatic rings. The van der Waals surface area contributed by atoms with Gasteiger partial charge in [0.25, 0.3) is 5.56 Å². The molecule has 1 aromatic carbocycles. The molecule has 0 spiro atoms. The van der Waals surface area contributed by atoms with Crippen molar-refractivity contribution in [3.8, 4) is 11.4 Å². The normalized spacial score (nSPS) is 12.5. The molecule has 2 N–H and O–H groups in total. The first-order valence-corrected chi connectivity index (χ1v) is 12.8. The second-order valence-electron chi connectivity index (χ2n) is 7.59. The molecule has 3 amide bonds. The summed E-state index contributed by atoms with van der Waals surface area (Å²) in [5, 5.41) is 6.01. The number of benzene rings is 1. The number of carbonyl (C=O) groups is 2. The van der Waals surface area contributed by atoms with E-state index in [2.05, 4.69) is 10.6 Å². The zero-order valence-corrected chi connectivity index (χ0v) is 20.2. The summed E-state index contributed by atoms with van der Waals surface area (Å²) in [4.78, 5) is 44.4. The summed E-state index contributed by atoms with van der Waals surface area (Å²) >= 11 is 2.69. The Morgan fingerprint density at radius 3 is 2.73 bits per heavy atom. The maximum atomic E-state index is 13.6. The van der Waals surface area contributed by atoms with Gasteiger partial charge in [-0.3, -0.25) is 19.5 Å². The van der Waals surface area contributed by atoms with E-state index in [1.807, 2.05) is 38.1 Å². The van der Waals surface area contributed by atoms with Gasteiger partial charge in [0.2, 0.25) is 5.91 Å². The van der Waals surface area contributed by atoms with Crippen LogP contribution in [-0.4, -0.2) is 40.4 Å². The van der Waals surface area contributed by atoms with Gasteiger partial charge in [0.1, 0.15) is 10.6 Å². The lowest BCUT2D eigenvalue weighted by Crippen LogP contribution is -2.40. The summed E-state index contributed by atoms with van der Waals surface area (Å²) in [7, 11) is 0. The van der Waals surface area contributed by atoms with Gasteiger partial charge in [0.05, 0.1) is 23.4 Å². The van der Waals surface area contributed by atoms with Gasteiger partial charge in [-0.15, -0.1) is 11.3 Å². The Morgan fingerprint density at radius 1 is 1.21 bits per heavy atom. The summed E-state index contributed by atoms with van der Waals surface area (Å²) in [6, 6.07) is 6.73. The summed E-state index contributed by atoms with van der Waals surface area (Å²) in [6.45, 7) is 4.89. The van der Waals surface area contributed by atoms with Crippen LogP contribution in [0.5, 0.6) is 5.75 Å². The second kappa shape index (κ2) is 10.4. The number of urea groups is 1. The Kier molecular flexibility index (Phi) is 7.34. The van der Waals surface area contributed by atoms with E-state index < -0.39 is 11.9 Å². The molecule has 10 heteroatoms. The number of ether oxygens (including phenoxy) is 1. The number of carbonyl (C=O) groups excluding carboxylic acids is 2. The van der Waals surface area contributed by atoms with Crippen molar-refractivity contribution in [2.75, 3.05) is 18.9 Å². The second-order valence-corrected chi connectivity index (χ2v) is 9.62. The van der Waals surface area contributed by atoms with Crippen LogP contribution in [0.15, 0.2) is 34.2 Å². The largest absolute Gasteiger partial charge is 0.494 e. The number of amides is 3. The van der Waals surface area contributed by atoms with Crippen LogP contribution in [-0.2, 0) is 17.6 Å². The van der Waals surface area contributed by atoms with E-state index in [0.717, 1.165) is 43.0 Å². The van der Waals surface area contributed by atoms with Crippen molar-refractivity contribution in [1.82, 2.24) is 20.2 Å². The van der Waals surface area contributed by atoms with Crippen LogP contribution in [0.1, 0.15) is 37.1 Å². The molecule has 2 heterocycles. The van der Waals surface area contributed by atoms with Crippen molar-refractivity contribution in [1.29, 1.82) is 0 Å². The molecular weight excluding hydrogens is 460 g/mol. The summed E-state index contributed by atoms with van der Waals surface area (Å²) in [6.07, 6.45) is 3.68. The van der Waals surface area contributed by atoms with Gasteiger partial charge in [0.15, 0.2) is 5.16 Å².